The largest absolute Gasteiger partial charge is 0.359 e. The van der Waals surface area contributed by atoms with Crippen LogP contribution in [0, 0.1) is 5.82 Å². The number of hydrogen-bond acceptors (Lipinski definition) is 5. The lowest BCUT2D eigenvalue weighted by Crippen LogP contribution is -2.27. The zero-order chi connectivity index (χ0) is 16.2. The Kier molecular flexibility index (Phi) is 5.07. The highest BCUT2D eigenvalue weighted by Gasteiger charge is 2.21. The van der Waals surface area contributed by atoms with Crippen molar-refractivity contribution in [2.75, 3.05) is 11.9 Å². The third kappa shape index (κ3) is 4.49. The number of amides is 1. The first-order valence-electron chi connectivity index (χ1n) is 6.94. The van der Waals surface area contributed by atoms with Crippen LogP contribution in [0.1, 0.15) is 32.2 Å². The van der Waals surface area contributed by atoms with Crippen molar-refractivity contribution < 1.29 is 9.18 Å². The van der Waals surface area contributed by atoms with Gasteiger partial charge in [-0.2, -0.15) is 4.37 Å². The Balaban J connectivity index is 1.94. The number of carbonyl (C=O) groups excluding carboxylic acids is 1. The van der Waals surface area contributed by atoms with Gasteiger partial charge >= 0.3 is 0 Å². The molecule has 1 aromatic carbocycles. The highest BCUT2D eigenvalue weighted by molar-refractivity contribution is 7.09. The maximum Gasteiger partial charge on any atom is 0.217 e. The molecule has 0 spiro atoms. The molecule has 1 heterocycles. The second-order valence-corrected chi connectivity index (χ2v) is 6.42. The van der Waals surface area contributed by atoms with Gasteiger partial charge in [0.25, 0.3) is 0 Å². The molecule has 0 fully saturated rings. The molecular weight excluding hydrogens is 303 g/mol. The summed E-state index contributed by atoms with van der Waals surface area (Å²) in [7, 11) is 0. The number of hydrogen-bond donors (Lipinski definition) is 2. The average Bonchev–Trinajstić information content (AvgIpc) is 2.92. The molecule has 0 radical (unpaired) electrons. The average molecular weight is 322 g/mol. The fourth-order valence-corrected chi connectivity index (χ4v) is 2.48. The fraction of sp³-hybridized carbons (Fsp3) is 0.400. The van der Waals surface area contributed by atoms with E-state index in [-0.39, 0.29) is 17.1 Å². The second kappa shape index (κ2) is 6.83. The maximum atomic E-state index is 13.0. The van der Waals surface area contributed by atoms with Crippen molar-refractivity contribution in [3.8, 4) is 0 Å². The van der Waals surface area contributed by atoms with Gasteiger partial charge in [0.1, 0.15) is 5.82 Å². The molecule has 0 aliphatic heterocycles. The van der Waals surface area contributed by atoms with Crippen molar-refractivity contribution in [3.05, 3.63) is 41.5 Å². The molecule has 0 saturated heterocycles. The van der Waals surface area contributed by atoms with Gasteiger partial charge in [0.2, 0.25) is 11.0 Å². The van der Waals surface area contributed by atoms with Gasteiger partial charge in [0, 0.05) is 30.4 Å². The molecule has 0 unspecified atom stereocenters. The summed E-state index contributed by atoms with van der Waals surface area (Å²) in [5.41, 5.74) is 0.876. The quantitative estimate of drug-likeness (QED) is 0.858. The van der Waals surface area contributed by atoms with E-state index in [4.69, 9.17) is 0 Å². The Hall–Kier alpha value is -2.02. The highest BCUT2D eigenvalue weighted by Crippen LogP contribution is 2.24. The van der Waals surface area contributed by atoms with Crippen LogP contribution in [0.5, 0.6) is 0 Å². The summed E-state index contributed by atoms with van der Waals surface area (Å²) in [5, 5.41) is 6.61. The Labute approximate surface area is 133 Å². The molecule has 2 N–H and O–H groups in total. The molecule has 5 nitrogen and oxygen atoms in total. The summed E-state index contributed by atoms with van der Waals surface area (Å²) in [6, 6.07) is 6.51. The number of aromatic nitrogens is 2. The molecule has 2 aromatic rings. The van der Waals surface area contributed by atoms with Gasteiger partial charge in [-0.15, -0.1) is 0 Å². The Morgan fingerprint density at radius 1 is 1.32 bits per heavy atom. The molecule has 0 atom stereocenters. The number of rotatable bonds is 6. The van der Waals surface area contributed by atoms with Crippen LogP contribution in [0.2, 0.25) is 0 Å². The van der Waals surface area contributed by atoms with Gasteiger partial charge < -0.3 is 10.6 Å². The van der Waals surface area contributed by atoms with Crippen LogP contribution in [-0.4, -0.2) is 21.8 Å². The van der Waals surface area contributed by atoms with E-state index in [1.54, 1.807) is 12.1 Å². The van der Waals surface area contributed by atoms with E-state index in [2.05, 4.69) is 33.8 Å². The minimum absolute atomic E-state index is 0.109. The van der Waals surface area contributed by atoms with Crippen LogP contribution in [-0.2, 0) is 16.8 Å². The molecule has 1 amide bonds. The molecule has 1 aromatic heterocycles. The van der Waals surface area contributed by atoms with E-state index in [1.165, 1.54) is 30.6 Å². The summed E-state index contributed by atoms with van der Waals surface area (Å²) >= 11 is 1.26. The van der Waals surface area contributed by atoms with Crippen LogP contribution < -0.4 is 10.6 Å². The van der Waals surface area contributed by atoms with Crippen molar-refractivity contribution in [1.29, 1.82) is 0 Å². The third-order valence-electron chi connectivity index (χ3n) is 3.27. The molecule has 7 heteroatoms. The molecule has 0 bridgehead atoms. The van der Waals surface area contributed by atoms with Crippen LogP contribution in [0.3, 0.4) is 0 Å². The molecule has 2 rings (SSSR count). The van der Waals surface area contributed by atoms with E-state index in [0.717, 1.165) is 5.56 Å². The zero-order valence-corrected chi connectivity index (χ0v) is 13.6. The molecule has 0 saturated carbocycles. The van der Waals surface area contributed by atoms with Crippen molar-refractivity contribution >= 4 is 22.6 Å². The first kappa shape index (κ1) is 16.4. The van der Waals surface area contributed by atoms with Gasteiger partial charge in [0.15, 0.2) is 5.82 Å². The first-order chi connectivity index (χ1) is 10.4. The molecule has 118 valence electrons. The maximum absolute atomic E-state index is 13.0. The predicted octanol–water partition coefficient (Wildman–Crippen LogP) is 2.70. The Morgan fingerprint density at radius 3 is 2.64 bits per heavy atom. The standard InChI is InChI=1S/C15H19FN4OS/c1-10(21)17-8-13-19-14(22-20-13)18-9-15(2,3)11-4-6-12(16)7-5-11/h4-7H,8-9H2,1-3H3,(H,17,21)(H,18,19,20). The molecule has 0 aliphatic carbocycles. The van der Waals surface area contributed by atoms with Gasteiger partial charge in [-0.1, -0.05) is 26.0 Å². The zero-order valence-electron chi connectivity index (χ0n) is 12.8. The number of halogens is 1. The third-order valence-corrected chi connectivity index (χ3v) is 3.98. The second-order valence-electron chi connectivity index (χ2n) is 5.67. The monoisotopic (exact) mass is 322 g/mol. The van der Waals surface area contributed by atoms with Gasteiger partial charge in [-0.05, 0) is 17.7 Å². The highest BCUT2D eigenvalue weighted by atomic mass is 32.1. The lowest BCUT2D eigenvalue weighted by Gasteiger charge is -2.25. The lowest BCUT2D eigenvalue weighted by molar-refractivity contribution is -0.119. The molecular formula is C15H19FN4OS. The number of benzene rings is 1. The fourth-order valence-electron chi connectivity index (χ4n) is 1.90. The van der Waals surface area contributed by atoms with Crippen LogP contribution in [0.4, 0.5) is 9.52 Å². The summed E-state index contributed by atoms with van der Waals surface area (Å²) in [4.78, 5) is 15.2. The molecule has 0 aliphatic rings. The summed E-state index contributed by atoms with van der Waals surface area (Å²) in [6.45, 7) is 6.58. The van der Waals surface area contributed by atoms with Gasteiger partial charge in [0.05, 0.1) is 6.54 Å². The van der Waals surface area contributed by atoms with Crippen LogP contribution in [0.25, 0.3) is 0 Å². The summed E-state index contributed by atoms with van der Waals surface area (Å²) in [5.74, 6) is 0.239. The Bertz CT molecular complexity index is 639. The number of carbonyl (C=O) groups is 1. The van der Waals surface area contributed by atoms with E-state index in [9.17, 15) is 9.18 Å². The van der Waals surface area contributed by atoms with Crippen molar-refractivity contribution in [2.45, 2.75) is 32.7 Å². The van der Waals surface area contributed by atoms with E-state index < -0.39 is 0 Å². The van der Waals surface area contributed by atoms with Crippen LogP contribution in [0.15, 0.2) is 24.3 Å². The minimum Gasteiger partial charge on any atom is -0.359 e. The first-order valence-corrected chi connectivity index (χ1v) is 7.71. The number of nitrogens with zero attached hydrogens (tertiary/aromatic N) is 2. The normalized spacial score (nSPS) is 11.3. The predicted molar refractivity (Wildman–Crippen MR) is 85.3 cm³/mol. The summed E-state index contributed by atoms with van der Waals surface area (Å²) in [6.07, 6.45) is 0. The minimum atomic E-state index is -0.237. The Morgan fingerprint density at radius 2 is 2.00 bits per heavy atom. The van der Waals surface area contributed by atoms with E-state index in [1.807, 2.05) is 0 Å². The molecule has 22 heavy (non-hydrogen) atoms. The van der Waals surface area contributed by atoms with E-state index >= 15 is 0 Å². The van der Waals surface area contributed by atoms with Crippen molar-refractivity contribution in [3.63, 3.8) is 0 Å². The van der Waals surface area contributed by atoms with Crippen molar-refractivity contribution in [2.24, 2.45) is 0 Å². The van der Waals surface area contributed by atoms with Crippen molar-refractivity contribution in [1.82, 2.24) is 14.7 Å². The van der Waals surface area contributed by atoms with E-state index in [0.29, 0.717) is 24.0 Å². The summed E-state index contributed by atoms with van der Waals surface area (Å²) < 4.78 is 17.2. The van der Waals surface area contributed by atoms with Gasteiger partial charge in [-0.25, -0.2) is 9.37 Å². The van der Waals surface area contributed by atoms with Gasteiger partial charge in [-0.3, -0.25) is 4.79 Å². The number of anilines is 1. The topological polar surface area (TPSA) is 66.9 Å². The lowest BCUT2D eigenvalue weighted by atomic mass is 9.85. The van der Waals surface area contributed by atoms with Crippen LogP contribution >= 0.6 is 11.5 Å². The smallest absolute Gasteiger partial charge is 0.217 e. The number of nitrogens with one attached hydrogen (secondary N) is 2. The SMILES string of the molecule is CC(=O)NCc1nsc(NCC(C)(C)c2ccc(F)cc2)n1.